The van der Waals surface area contributed by atoms with E-state index in [1.54, 1.807) is 28.0 Å². The molecule has 0 fully saturated rings. The number of nitrogen functional groups attached to an aromatic ring is 1. The van der Waals surface area contributed by atoms with Gasteiger partial charge >= 0.3 is 0 Å². The van der Waals surface area contributed by atoms with Gasteiger partial charge in [0.15, 0.2) is 5.16 Å². The van der Waals surface area contributed by atoms with Gasteiger partial charge in [-0.15, -0.1) is 11.3 Å². The molecule has 1 aliphatic rings. The Morgan fingerprint density at radius 2 is 2.19 bits per heavy atom. The van der Waals surface area contributed by atoms with Crippen molar-refractivity contribution in [1.29, 1.82) is 0 Å². The summed E-state index contributed by atoms with van der Waals surface area (Å²) in [4.78, 5) is 14.8. The van der Waals surface area contributed by atoms with E-state index in [0.717, 1.165) is 40.6 Å². The van der Waals surface area contributed by atoms with Crippen LogP contribution in [0.15, 0.2) is 5.16 Å². The minimum atomic E-state index is 0.664. The Balaban J connectivity index is 1.90. The third kappa shape index (κ3) is 3.15. The topological polar surface area (TPSA) is 60.7 Å². The maximum atomic E-state index is 6.22. The van der Waals surface area contributed by atoms with Gasteiger partial charge in [-0.2, -0.15) is 0 Å². The molecule has 2 aromatic heterocycles. The number of fused-ring (bicyclic) bond motifs is 3. The van der Waals surface area contributed by atoms with Crippen LogP contribution in [0.2, 0.25) is 0 Å². The lowest BCUT2D eigenvalue weighted by Crippen LogP contribution is -3.08. The summed E-state index contributed by atoms with van der Waals surface area (Å²) in [6.07, 6.45) is 1.09. The quantitative estimate of drug-likeness (QED) is 0.503. The molecule has 5 nitrogen and oxygen atoms in total. The molecule has 2 aromatic rings. The highest BCUT2D eigenvalue weighted by atomic mass is 32.2. The zero-order valence-electron chi connectivity index (χ0n) is 12.8. The van der Waals surface area contributed by atoms with Crippen molar-refractivity contribution in [3.63, 3.8) is 0 Å². The van der Waals surface area contributed by atoms with E-state index in [1.807, 2.05) is 0 Å². The van der Waals surface area contributed by atoms with Crippen molar-refractivity contribution in [2.45, 2.75) is 18.1 Å². The molecule has 0 aliphatic carbocycles. The molecular weight excluding hydrogens is 302 g/mol. The fourth-order valence-corrected chi connectivity index (χ4v) is 5.04. The number of nitrogens with two attached hydrogens (primary N) is 1. The molecular formula is C14H23N5S2+2. The third-order valence-corrected chi connectivity index (χ3v) is 5.81. The van der Waals surface area contributed by atoms with E-state index in [1.165, 1.54) is 21.9 Å². The van der Waals surface area contributed by atoms with Crippen molar-refractivity contribution >= 4 is 39.1 Å². The number of thioether (sulfide) groups is 1. The average Bonchev–Trinajstić information content (AvgIpc) is 2.75. The van der Waals surface area contributed by atoms with Crippen LogP contribution in [0, 0.1) is 0 Å². The van der Waals surface area contributed by atoms with Crippen LogP contribution in [-0.4, -0.2) is 50.0 Å². The molecule has 21 heavy (non-hydrogen) atoms. The number of aromatic nitrogens is 2. The third-order valence-electron chi connectivity index (χ3n) is 3.84. The summed E-state index contributed by atoms with van der Waals surface area (Å²) in [5.41, 5.74) is 7.62. The first-order valence-corrected chi connectivity index (χ1v) is 9.15. The second-order valence-corrected chi connectivity index (χ2v) is 8.16. The van der Waals surface area contributed by atoms with Gasteiger partial charge in [-0.3, -0.25) is 0 Å². The van der Waals surface area contributed by atoms with Crippen LogP contribution in [0.4, 0.5) is 5.82 Å². The van der Waals surface area contributed by atoms with Gasteiger partial charge in [0, 0.05) is 6.42 Å². The average molecular weight is 326 g/mol. The van der Waals surface area contributed by atoms with E-state index in [-0.39, 0.29) is 0 Å². The first-order chi connectivity index (χ1) is 10.0. The Morgan fingerprint density at radius 3 is 2.95 bits per heavy atom. The van der Waals surface area contributed by atoms with Gasteiger partial charge in [0.1, 0.15) is 17.2 Å². The molecule has 1 unspecified atom stereocenters. The zero-order chi connectivity index (χ0) is 15.0. The molecule has 1 aliphatic heterocycles. The van der Waals surface area contributed by atoms with Crippen LogP contribution in [0.25, 0.3) is 10.2 Å². The summed E-state index contributed by atoms with van der Waals surface area (Å²) in [5.74, 6) is 1.68. The largest absolute Gasteiger partial charge is 0.383 e. The standard InChI is InChI=1S/C14H21N5S2/c1-18(2)6-7-20-14-16-12(15)11-9-4-5-19(3)8-10(9)21-13(11)17-14/h4-8H2,1-3H3,(H2,15,16,17)/p+2. The van der Waals surface area contributed by atoms with Gasteiger partial charge in [0.05, 0.1) is 50.2 Å². The number of thiophene rings is 1. The second kappa shape index (κ2) is 6.08. The maximum Gasteiger partial charge on any atom is 0.191 e. The highest BCUT2D eigenvalue weighted by Gasteiger charge is 2.24. The molecule has 3 heterocycles. The zero-order valence-corrected chi connectivity index (χ0v) is 14.5. The van der Waals surface area contributed by atoms with Crippen molar-refractivity contribution in [2.75, 3.05) is 45.7 Å². The monoisotopic (exact) mass is 325 g/mol. The molecule has 0 spiro atoms. The van der Waals surface area contributed by atoms with Crippen molar-refractivity contribution in [2.24, 2.45) is 0 Å². The summed E-state index contributed by atoms with van der Waals surface area (Å²) < 4.78 is 0. The van der Waals surface area contributed by atoms with Gasteiger partial charge in [0.25, 0.3) is 0 Å². The summed E-state index contributed by atoms with van der Waals surface area (Å²) in [6, 6.07) is 0. The lowest BCUT2D eigenvalue weighted by atomic mass is 10.1. The summed E-state index contributed by atoms with van der Waals surface area (Å²) in [6.45, 7) is 3.35. The predicted molar refractivity (Wildman–Crippen MR) is 89.4 cm³/mol. The van der Waals surface area contributed by atoms with E-state index in [9.17, 15) is 0 Å². The first-order valence-electron chi connectivity index (χ1n) is 7.35. The van der Waals surface area contributed by atoms with Gasteiger partial charge < -0.3 is 15.5 Å². The molecule has 7 heteroatoms. The smallest absolute Gasteiger partial charge is 0.191 e. The van der Waals surface area contributed by atoms with Crippen LogP contribution in [0.5, 0.6) is 0 Å². The van der Waals surface area contributed by atoms with Crippen LogP contribution < -0.4 is 15.5 Å². The van der Waals surface area contributed by atoms with Crippen LogP contribution in [0.1, 0.15) is 10.4 Å². The number of anilines is 1. The normalized spacial score (nSPS) is 18.4. The van der Waals surface area contributed by atoms with E-state index in [4.69, 9.17) is 10.7 Å². The lowest BCUT2D eigenvalue weighted by molar-refractivity contribution is -0.895. The molecule has 0 aromatic carbocycles. The Kier molecular flexibility index (Phi) is 4.35. The van der Waals surface area contributed by atoms with E-state index in [0.29, 0.717) is 5.82 Å². The van der Waals surface area contributed by atoms with Crippen LogP contribution in [0.3, 0.4) is 0 Å². The Bertz CT molecular complexity index is 652. The summed E-state index contributed by atoms with van der Waals surface area (Å²) in [7, 11) is 6.56. The van der Waals surface area contributed by atoms with Gasteiger partial charge in [0.2, 0.25) is 0 Å². The van der Waals surface area contributed by atoms with Gasteiger partial charge in [-0.1, -0.05) is 11.8 Å². The summed E-state index contributed by atoms with van der Waals surface area (Å²) in [5, 5.41) is 1.94. The van der Waals surface area contributed by atoms with Crippen molar-refractivity contribution in [3.05, 3.63) is 10.4 Å². The van der Waals surface area contributed by atoms with Gasteiger partial charge in [-0.25, -0.2) is 9.97 Å². The number of quaternary nitrogens is 2. The molecule has 0 radical (unpaired) electrons. The first kappa shape index (κ1) is 15.0. The molecule has 3 rings (SSSR count). The minimum absolute atomic E-state index is 0.664. The van der Waals surface area contributed by atoms with Gasteiger partial charge in [-0.05, 0) is 5.56 Å². The van der Waals surface area contributed by atoms with Crippen LogP contribution >= 0.6 is 23.1 Å². The molecule has 4 N–H and O–H groups in total. The van der Waals surface area contributed by atoms with E-state index >= 15 is 0 Å². The molecule has 1 atom stereocenters. The number of nitrogens with zero attached hydrogens (tertiary/aromatic N) is 2. The number of hydrogen-bond acceptors (Lipinski definition) is 5. The predicted octanol–water partition coefficient (Wildman–Crippen LogP) is -0.919. The van der Waals surface area contributed by atoms with E-state index in [2.05, 4.69) is 26.1 Å². The molecule has 0 saturated heterocycles. The Labute approximate surface area is 133 Å². The molecule has 0 amide bonds. The highest BCUT2D eigenvalue weighted by molar-refractivity contribution is 7.99. The van der Waals surface area contributed by atoms with E-state index < -0.39 is 0 Å². The van der Waals surface area contributed by atoms with Crippen molar-refractivity contribution in [1.82, 2.24) is 9.97 Å². The minimum Gasteiger partial charge on any atom is -0.383 e. The van der Waals surface area contributed by atoms with Crippen molar-refractivity contribution in [3.8, 4) is 0 Å². The Morgan fingerprint density at radius 1 is 1.38 bits per heavy atom. The highest BCUT2D eigenvalue weighted by Crippen LogP contribution is 2.35. The molecule has 0 saturated carbocycles. The Hall–Kier alpha value is -0.890. The summed E-state index contributed by atoms with van der Waals surface area (Å²) >= 11 is 3.50. The SMILES string of the molecule is C[NH+](C)CCSc1nc(N)c2c3c(sc2n1)C[NH+](C)CC3. The fourth-order valence-electron chi connectivity index (χ4n) is 2.63. The molecule has 114 valence electrons. The second-order valence-electron chi connectivity index (χ2n) is 6.01. The lowest BCUT2D eigenvalue weighted by Gasteiger charge is -2.19. The number of nitrogens with one attached hydrogen (secondary N) is 2. The fraction of sp³-hybridized carbons (Fsp3) is 0.571. The van der Waals surface area contributed by atoms with Crippen LogP contribution in [-0.2, 0) is 13.0 Å². The molecule has 0 bridgehead atoms. The maximum absolute atomic E-state index is 6.22. The van der Waals surface area contributed by atoms with Crippen molar-refractivity contribution < 1.29 is 9.80 Å². The number of likely N-dealkylation sites (N-methyl/N-ethyl adjacent to an activating group) is 1. The number of rotatable bonds is 4. The number of hydrogen-bond donors (Lipinski definition) is 3.